The van der Waals surface area contributed by atoms with Gasteiger partial charge in [-0.15, -0.1) is 11.6 Å². The van der Waals surface area contributed by atoms with Gasteiger partial charge in [0.15, 0.2) is 0 Å². The maximum Gasteiger partial charge on any atom is 0.326 e. The summed E-state index contributed by atoms with van der Waals surface area (Å²) >= 11 is 5.34. The maximum atomic E-state index is 9.89. The zero-order valence-corrected chi connectivity index (χ0v) is 5.20. The van der Waals surface area contributed by atoms with Crippen molar-refractivity contribution in [2.45, 2.75) is 12.4 Å². The lowest BCUT2D eigenvalue weighted by Crippen LogP contribution is -2.43. The second-order valence-corrected chi connectivity index (χ2v) is 1.90. The Balaban J connectivity index is 3.05. The van der Waals surface area contributed by atoms with E-state index in [1.54, 1.807) is 6.92 Å². The van der Waals surface area contributed by atoms with Crippen LogP contribution in [-0.4, -0.2) is 11.5 Å². The standard InChI is InChI=1S/C3H8ClN3O/c1-2(4)6-7-3(5)8/h2,6H,1H3,(H3,5,7,8). The van der Waals surface area contributed by atoms with E-state index in [-0.39, 0.29) is 5.50 Å². The molecule has 0 spiro atoms. The van der Waals surface area contributed by atoms with E-state index in [1.807, 2.05) is 0 Å². The molecule has 0 aliphatic heterocycles. The Morgan fingerprint density at radius 3 is 2.50 bits per heavy atom. The van der Waals surface area contributed by atoms with Crippen molar-refractivity contribution in [1.29, 1.82) is 0 Å². The Morgan fingerprint density at radius 1 is 1.88 bits per heavy atom. The molecule has 0 saturated carbocycles. The van der Waals surface area contributed by atoms with Crippen molar-refractivity contribution in [1.82, 2.24) is 10.9 Å². The summed E-state index contributed by atoms with van der Waals surface area (Å²) in [7, 11) is 0. The van der Waals surface area contributed by atoms with Crippen LogP contribution in [0.4, 0.5) is 4.79 Å². The van der Waals surface area contributed by atoms with Gasteiger partial charge >= 0.3 is 6.03 Å². The molecule has 0 aliphatic rings. The topological polar surface area (TPSA) is 67.2 Å². The fourth-order valence-electron chi connectivity index (χ4n) is 0.171. The molecule has 1 unspecified atom stereocenters. The molecule has 5 heteroatoms. The number of halogens is 1. The predicted octanol–water partition coefficient (Wildman–Crippen LogP) is -0.256. The normalized spacial score (nSPS) is 12.8. The number of carbonyl (C=O) groups is 1. The Hall–Kier alpha value is -0.480. The van der Waals surface area contributed by atoms with Crippen molar-refractivity contribution >= 4 is 17.6 Å². The first-order chi connectivity index (χ1) is 3.63. The minimum atomic E-state index is -0.641. The molecule has 0 aliphatic carbocycles. The van der Waals surface area contributed by atoms with Crippen molar-refractivity contribution in [3.05, 3.63) is 0 Å². The zero-order valence-electron chi connectivity index (χ0n) is 4.44. The summed E-state index contributed by atoms with van der Waals surface area (Å²) in [5.41, 5.74) is 8.85. The molecule has 0 saturated heterocycles. The molecule has 0 radical (unpaired) electrons. The molecule has 1 atom stereocenters. The maximum absolute atomic E-state index is 9.89. The van der Waals surface area contributed by atoms with E-state index in [0.717, 1.165) is 0 Å². The average molecular weight is 138 g/mol. The molecule has 0 aromatic heterocycles. The van der Waals surface area contributed by atoms with Gasteiger partial charge in [-0.1, -0.05) is 0 Å². The number of urea groups is 1. The Bertz CT molecular complexity index is 84.6. The van der Waals surface area contributed by atoms with E-state index in [4.69, 9.17) is 11.6 Å². The second kappa shape index (κ2) is 3.51. The van der Waals surface area contributed by atoms with Gasteiger partial charge in [-0.3, -0.25) is 5.43 Å². The van der Waals surface area contributed by atoms with Crippen LogP contribution in [0.2, 0.25) is 0 Å². The molecule has 0 heterocycles. The quantitative estimate of drug-likeness (QED) is 0.279. The summed E-state index contributed by atoms with van der Waals surface area (Å²) in [6, 6.07) is -0.641. The van der Waals surface area contributed by atoms with Crippen LogP contribution in [0.3, 0.4) is 0 Å². The highest BCUT2D eigenvalue weighted by Crippen LogP contribution is 1.81. The van der Waals surface area contributed by atoms with Gasteiger partial charge < -0.3 is 5.73 Å². The first-order valence-electron chi connectivity index (χ1n) is 2.08. The summed E-state index contributed by atoms with van der Waals surface area (Å²) in [6.07, 6.45) is 0. The Morgan fingerprint density at radius 2 is 2.38 bits per heavy atom. The van der Waals surface area contributed by atoms with Gasteiger partial charge in [0.25, 0.3) is 0 Å². The predicted molar refractivity (Wildman–Crippen MR) is 31.2 cm³/mol. The summed E-state index contributed by atoms with van der Waals surface area (Å²) in [6.45, 7) is 1.66. The van der Waals surface area contributed by atoms with Gasteiger partial charge in [-0.2, -0.15) is 0 Å². The van der Waals surface area contributed by atoms with Crippen molar-refractivity contribution < 1.29 is 4.79 Å². The van der Waals surface area contributed by atoms with Crippen LogP contribution >= 0.6 is 11.6 Å². The van der Waals surface area contributed by atoms with Gasteiger partial charge in [0, 0.05) is 0 Å². The number of rotatable bonds is 2. The molecular formula is C3H8ClN3O. The van der Waals surface area contributed by atoms with Crippen LogP contribution in [0.1, 0.15) is 6.92 Å². The first-order valence-corrected chi connectivity index (χ1v) is 2.51. The number of hydrogen-bond acceptors (Lipinski definition) is 2. The largest absolute Gasteiger partial charge is 0.351 e. The van der Waals surface area contributed by atoms with E-state index in [0.29, 0.717) is 0 Å². The highest BCUT2D eigenvalue weighted by molar-refractivity contribution is 6.20. The van der Waals surface area contributed by atoms with Gasteiger partial charge in [0.2, 0.25) is 0 Å². The van der Waals surface area contributed by atoms with Gasteiger partial charge in [0.05, 0.1) is 5.50 Å². The van der Waals surface area contributed by atoms with E-state index >= 15 is 0 Å². The number of hydrazine groups is 1. The van der Waals surface area contributed by atoms with Crippen LogP contribution in [0, 0.1) is 0 Å². The van der Waals surface area contributed by atoms with Crippen LogP contribution in [-0.2, 0) is 0 Å². The van der Waals surface area contributed by atoms with E-state index < -0.39 is 6.03 Å². The molecule has 2 amide bonds. The average Bonchev–Trinajstić information content (AvgIpc) is 1.61. The molecule has 4 nitrogen and oxygen atoms in total. The molecule has 0 rings (SSSR count). The molecule has 0 aromatic rings. The number of nitrogens with two attached hydrogens (primary N) is 1. The molecule has 4 N–H and O–H groups in total. The first kappa shape index (κ1) is 7.52. The van der Waals surface area contributed by atoms with Gasteiger partial charge in [-0.25, -0.2) is 10.2 Å². The summed E-state index contributed by atoms with van der Waals surface area (Å²) < 4.78 is 0. The number of alkyl halides is 1. The fraction of sp³-hybridized carbons (Fsp3) is 0.667. The number of hydrogen-bond donors (Lipinski definition) is 3. The number of nitrogens with one attached hydrogen (secondary N) is 2. The number of primary amides is 1. The van der Waals surface area contributed by atoms with Gasteiger partial charge in [-0.05, 0) is 6.92 Å². The lowest BCUT2D eigenvalue weighted by Gasteiger charge is -2.03. The highest BCUT2D eigenvalue weighted by atomic mass is 35.5. The SMILES string of the molecule is CC(Cl)NNC(N)=O. The molecule has 0 aromatic carbocycles. The summed E-state index contributed by atoms with van der Waals surface area (Å²) in [4.78, 5) is 9.89. The monoisotopic (exact) mass is 137 g/mol. The van der Waals surface area contributed by atoms with E-state index in [1.165, 1.54) is 0 Å². The smallest absolute Gasteiger partial charge is 0.326 e. The zero-order chi connectivity index (χ0) is 6.57. The van der Waals surface area contributed by atoms with Crippen LogP contribution < -0.4 is 16.6 Å². The summed E-state index contributed by atoms with van der Waals surface area (Å²) in [5, 5.41) is 0. The molecule has 0 bridgehead atoms. The lowest BCUT2D eigenvalue weighted by molar-refractivity contribution is 0.244. The third-order valence-corrected chi connectivity index (χ3v) is 0.503. The number of carbonyl (C=O) groups excluding carboxylic acids is 1. The number of amides is 2. The minimum Gasteiger partial charge on any atom is -0.351 e. The van der Waals surface area contributed by atoms with E-state index in [9.17, 15) is 4.79 Å². The van der Waals surface area contributed by atoms with E-state index in [2.05, 4.69) is 16.6 Å². The van der Waals surface area contributed by atoms with Crippen LogP contribution in [0.5, 0.6) is 0 Å². The third-order valence-electron chi connectivity index (χ3n) is 0.394. The van der Waals surface area contributed by atoms with Gasteiger partial charge in [0.1, 0.15) is 0 Å². The van der Waals surface area contributed by atoms with Crippen LogP contribution in [0.15, 0.2) is 0 Å². The molecule has 8 heavy (non-hydrogen) atoms. The third kappa shape index (κ3) is 5.52. The second-order valence-electron chi connectivity index (χ2n) is 1.25. The fourth-order valence-corrected chi connectivity index (χ4v) is 0.225. The van der Waals surface area contributed by atoms with Crippen molar-refractivity contribution in [2.24, 2.45) is 5.73 Å². The molecule has 48 valence electrons. The van der Waals surface area contributed by atoms with Crippen LogP contribution in [0.25, 0.3) is 0 Å². The summed E-state index contributed by atoms with van der Waals surface area (Å²) in [5.74, 6) is 0. The highest BCUT2D eigenvalue weighted by Gasteiger charge is 1.92. The Labute approximate surface area is 52.3 Å². The van der Waals surface area contributed by atoms with Crippen molar-refractivity contribution in [3.8, 4) is 0 Å². The lowest BCUT2D eigenvalue weighted by atomic mass is 10.8. The molecule has 0 fully saturated rings. The van der Waals surface area contributed by atoms with Crippen molar-refractivity contribution in [3.63, 3.8) is 0 Å². The van der Waals surface area contributed by atoms with Crippen molar-refractivity contribution in [2.75, 3.05) is 0 Å². The molecular weight excluding hydrogens is 130 g/mol. The Kier molecular flexibility index (Phi) is 3.30. The minimum absolute atomic E-state index is 0.303.